The van der Waals surface area contributed by atoms with Crippen LogP contribution in [-0.2, 0) is 42.9 Å². The minimum absolute atomic E-state index is 0.0105. The van der Waals surface area contributed by atoms with Crippen molar-refractivity contribution in [1.82, 2.24) is 4.90 Å². The van der Waals surface area contributed by atoms with E-state index in [1.165, 1.54) is 0 Å². The summed E-state index contributed by atoms with van der Waals surface area (Å²) in [6.45, 7) is 19.1. The number of carbonyl (C=O) groups is 5. The molecule has 45 heavy (non-hydrogen) atoms. The molecule has 0 spiro atoms. The number of ketones is 4. The van der Waals surface area contributed by atoms with Crippen LogP contribution in [0.25, 0.3) is 0 Å². The van der Waals surface area contributed by atoms with Crippen LogP contribution in [0.5, 0.6) is 0 Å². The molecule has 10 heteroatoms. The summed E-state index contributed by atoms with van der Waals surface area (Å²) in [6, 6.07) is 0. The van der Waals surface area contributed by atoms with Crippen LogP contribution in [0.2, 0.25) is 0 Å². The number of hydrogen-bond acceptors (Lipinski definition) is 9. The SMILES string of the molecule is CCC(=O)CCOCC(COCCC(=O)C(C)C)(COCCC(=O)C(C)CC)N(C)C(=O)C(C)(C)COCC(C)(C)C(=O)CC. The van der Waals surface area contributed by atoms with Gasteiger partial charge >= 0.3 is 0 Å². The monoisotopic (exact) mass is 641 g/mol. The van der Waals surface area contributed by atoms with Crippen LogP contribution < -0.4 is 0 Å². The van der Waals surface area contributed by atoms with Crippen LogP contribution >= 0.6 is 0 Å². The fourth-order valence-electron chi connectivity index (χ4n) is 4.52. The van der Waals surface area contributed by atoms with Crippen molar-refractivity contribution in [2.45, 2.75) is 113 Å². The number of ether oxygens (including phenoxy) is 4. The lowest BCUT2D eigenvalue weighted by atomic mass is 9.87. The lowest BCUT2D eigenvalue weighted by molar-refractivity contribution is -0.162. The van der Waals surface area contributed by atoms with Crippen molar-refractivity contribution in [3.05, 3.63) is 0 Å². The van der Waals surface area contributed by atoms with Crippen LogP contribution in [0.1, 0.15) is 108 Å². The standard InChI is InChI=1S/C35H63NO9/c1-12-27(6)30(39)17-20-44-25-35(23-42-18-15-28(37)13-2,24-43-19-16-29(38)26(4)5)36(11)32(41)34(9,10)22-45-21-33(7,8)31(40)14-3/h26-27H,12-25H2,1-11H3. The van der Waals surface area contributed by atoms with Crippen molar-refractivity contribution >= 4 is 29.0 Å². The van der Waals surface area contributed by atoms with Gasteiger partial charge in [0.1, 0.15) is 28.7 Å². The zero-order chi connectivity index (χ0) is 34.8. The molecule has 10 nitrogen and oxygen atoms in total. The second-order valence-electron chi connectivity index (χ2n) is 13.8. The molecule has 0 aliphatic rings. The molecule has 0 aromatic carbocycles. The quantitative estimate of drug-likeness (QED) is 0.110. The summed E-state index contributed by atoms with van der Waals surface area (Å²) in [5, 5.41) is 0. The second-order valence-corrected chi connectivity index (χ2v) is 13.8. The van der Waals surface area contributed by atoms with Crippen LogP contribution in [0, 0.1) is 22.7 Å². The Labute approximate surface area is 272 Å². The summed E-state index contributed by atoms with van der Waals surface area (Å²) < 4.78 is 24.0. The first-order valence-electron chi connectivity index (χ1n) is 16.6. The van der Waals surface area contributed by atoms with E-state index in [-0.39, 0.29) is 113 Å². The molecule has 0 aliphatic carbocycles. The predicted octanol–water partition coefficient (Wildman–Crippen LogP) is 5.27. The highest BCUT2D eigenvalue weighted by molar-refractivity contribution is 5.84. The molecule has 0 saturated carbocycles. The van der Waals surface area contributed by atoms with Gasteiger partial charge in [-0.3, -0.25) is 24.0 Å². The smallest absolute Gasteiger partial charge is 0.231 e. The van der Waals surface area contributed by atoms with E-state index in [4.69, 9.17) is 18.9 Å². The van der Waals surface area contributed by atoms with Crippen molar-refractivity contribution in [2.75, 3.05) is 59.9 Å². The van der Waals surface area contributed by atoms with Crippen LogP contribution in [0.4, 0.5) is 0 Å². The minimum atomic E-state index is -1.12. The van der Waals surface area contributed by atoms with Gasteiger partial charge in [0.05, 0.1) is 58.3 Å². The van der Waals surface area contributed by atoms with Gasteiger partial charge < -0.3 is 23.8 Å². The predicted molar refractivity (Wildman–Crippen MR) is 175 cm³/mol. The van der Waals surface area contributed by atoms with E-state index in [2.05, 4.69) is 0 Å². The average molecular weight is 642 g/mol. The van der Waals surface area contributed by atoms with E-state index in [0.717, 1.165) is 6.42 Å². The van der Waals surface area contributed by atoms with E-state index in [1.807, 2.05) is 48.5 Å². The number of hydrogen-bond donors (Lipinski definition) is 0. The lowest BCUT2D eigenvalue weighted by Gasteiger charge is -2.44. The van der Waals surface area contributed by atoms with Crippen LogP contribution in [-0.4, -0.2) is 99.4 Å². The molecule has 0 rings (SSSR count). The first kappa shape index (κ1) is 43.0. The summed E-state index contributed by atoms with van der Waals surface area (Å²) in [5.74, 6) is -0.116. The van der Waals surface area contributed by atoms with Crippen molar-refractivity contribution in [1.29, 1.82) is 0 Å². The van der Waals surface area contributed by atoms with Gasteiger partial charge in [0.2, 0.25) is 5.91 Å². The first-order valence-corrected chi connectivity index (χ1v) is 16.6. The van der Waals surface area contributed by atoms with Gasteiger partial charge in [-0.2, -0.15) is 0 Å². The molecule has 262 valence electrons. The third kappa shape index (κ3) is 15.4. The highest BCUT2D eigenvalue weighted by Gasteiger charge is 2.44. The Bertz CT molecular complexity index is 943. The molecule has 0 radical (unpaired) electrons. The maximum atomic E-state index is 14.1. The van der Waals surface area contributed by atoms with E-state index >= 15 is 0 Å². The molecule has 0 aliphatic heterocycles. The van der Waals surface area contributed by atoms with Gasteiger partial charge in [-0.05, 0) is 20.3 Å². The Balaban J connectivity index is 6.09. The normalized spacial score (nSPS) is 14.2. The topological polar surface area (TPSA) is 126 Å². The van der Waals surface area contributed by atoms with Gasteiger partial charge in [0.25, 0.3) is 0 Å². The fourth-order valence-corrected chi connectivity index (χ4v) is 4.52. The van der Waals surface area contributed by atoms with Crippen molar-refractivity contribution < 1.29 is 42.9 Å². The average Bonchev–Trinajstić information content (AvgIpc) is 3.00. The van der Waals surface area contributed by atoms with Crippen LogP contribution in [0.15, 0.2) is 0 Å². The maximum Gasteiger partial charge on any atom is 0.231 e. The third-order valence-corrected chi connectivity index (χ3v) is 8.42. The summed E-state index contributed by atoms with van der Waals surface area (Å²) in [4.78, 5) is 64.6. The Morgan fingerprint density at radius 3 is 1.53 bits per heavy atom. The van der Waals surface area contributed by atoms with Gasteiger partial charge in [0, 0.05) is 56.4 Å². The van der Waals surface area contributed by atoms with Gasteiger partial charge in [0.15, 0.2) is 0 Å². The summed E-state index contributed by atoms with van der Waals surface area (Å²) in [5.41, 5.74) is -2.78. The highest BCUT2D eigenvalue weighted by atomic mass is 16.5. The summed E-state index contributed by atoms with van der Waals surface area (Å²) >= 11 is 0. The number of likely N-dealkylation sites (N-methyl/N-ethyl adjacent to an activating group) is 1. The Morgan fingerprint density at radius 2 is 1.09 bits per heavy atom. The van der Waals surface area contributed by atoms with Crippen LogP contribution in [0.3, 0.4) is 0 Å². The molecule has 0 bridgehead atoms. The fraction of sp³-hybridized carbons (Fsp3) is 0.857. The number of carbonyl (C=O) groups excluding carboxylic acids is 5. The summed E-state index contributed by atoms with van der Waals surface area (Å²) in [7, 11) is 1.66. The molecule has 0 saturated heterocycles. The van der Waals surface area contributed by atoms with E-state index in [9.17, 15) is 24.0 Å². The Hall–Kier alpha value is -2.01. The summed E-state index contributed by atoms with van der Waals surface area (Å²) in [6.07, 6.45) is 2.26. The van der Waals surface area contributed by atoms with E-state index in [1.54, 1.807) is 32.7 Å². The molecular formula is C35H63NO9. The number of amides is 1. The minimum Gasteiger partial charge on any atom is -0.379 e. The molecule has 2 atom stereocenters. The number of Topliss-reactive ketones (excluding diaryl/α,β-unsaturated/α-hetero) is 4. The molecule has 2 unspecified atom stereocenters. The second kappa shape index (κ2) is 21.0. The maximum absolute atomic E-state index is 14.1. The third-order valence-electron chi connectivity index (χ3n) is 8.42. The molecule has 0 heterocycles. The molecule has 0 aromatic heterocycles. The molecule has 0 fully saturated rings. The Kier molecular flexibility index (Phi) is 20.0. The highest BCUT2D eigenvalue weighted by Crippen LogP contribution is 2.28. The van der Waals surface area contributed by atoms with E-state index < -0.39 is 16.4 Å². The lowest BCUT2D eigenvalue weighted by Crippen LogP contribution is -2.62. The number of nitrogens with zero attached hydrogens (tertiary/aromatic N) is 1. The van der Waals surface area contributed by atoms with Crippen molar-refractivity contribution in [2.24, 2.45) is 22.7 Å². The zero-order valence-electron chi connectivity index (χ0n) is 30.2. The largest absolute Gasteiger partial charge is 0.379 e. The molecule has 0 aromatic rings. The van der Waals surface area contributed by atoms with Crippen molar-refractivity contribution in [3.8, 4) is 0 Å². The first-order chi connectivity index (χ1) is 20.9. The molecule has 1 amide bonds. The molecular weight excluding hydrogens is 578 g/mol. The van der Waals surface area contributed by atoms with Crippen molar-refractivity contribution in [3.63, 3.8) is 0 Å². The van der Waals surface area contributed by atoms with Gasteiger partial charge in [-0.25, -0.2) is 0 Å². The number of rotatable bonds is 27. The Morgan fingerprint density at radius 1 is 0.622 bits per heavy atom. The zero-order valence-corrected chi connectivity index (χ0v) is 30.2. The van der Waals surface area contributed by atoms with Gasteiger partial charge in [-0.15, -0.1) is 0 Å². The van der Waals surface area contributed by atoms with Gasteiger partial charge in [-0.1, -0.05) is 55.4 Å². The van der Waals surface area contributed by atoms with E-state index in [0.29, 0.717) is 12.8 Å². The molecule has 0 N–H and O–H groups in total.